The predicted octanol–water partition coefficient (Wildman–Crippen LogP) is 2.11. The van der Waals surface area contributed by atoms with E-state index in [1.807, 2.05) is 27.7 Å². The first-order valence-electron chi connectivity index (χ1n) is 5.40. The third kappa shape index (κ3) is 4.96. The lowest BCUT2D eigenvalue weighted by Gasteiger charge is -2.26. The molecule has 0 heterocycles. The number of Topliss-reactive ketones (excluding diaryl/α,β-unsaturated/α-hetero) is 1. The van der Waals surface area contributed by atoms with Crippen LogP contribution in [0.4, 0.5) is 0 Å². The fraction of sp³-hybridized carbons (Fsp3) is 0.833. The van der Waals surface area contributed by atoms with Gasteiger partial charge in [0.2, 0.25) is 5.91 Å². The van der Waals surface area contributed by atoms with E-state index in [9.17, 15) is 9.59 Å². The molecule has 0 saturated carbocycles. The summed E-state index contributed by atoms with van der Waals surface area (Å²) in [7, 11) is 3.44. The average Bonchev–Trinajstić information content (AvgIpc) is 1.99. The summed E-state index contributed by atoms with van der Waals surface area (Å²) in [6, 6.07) is 0. The molecule has 0 N–H and O–H groups in total. The Morgan fingerprint density at radius 3 is 2.00 bits per heavy atom. The number of carbonyl (C=O) groups is 2. The summed E-state index contributed by atoms with van der Waals surface area (Å²) in [5.41, 5.74) is -0.574. The maximum absolute atomic E-state index is 11.8. The number of carbonyl (C=O) groups excluding carboxylic acids is 2. The van der Waals surface area contributed by atoms with Crippen molar-refractivity contribution in [2.45, 2.75) is 40.5 Å². The van der Waals surface area contributed by atoms with Crippen LogP contribution in [0.1, 0.15) is 40.5 Å². The van der Waals surface area contributed by atoms with Gasteiger partial charge in [0, 0.05) is 26.9 Å². The minimum Gasteiger partial charge on any atom is -0.348 e. The molecule has 0 atom stereocenters. The van der Waals surface area contributed by atoms with E-state index in [0.717, 1.165) is 0 Å². The number of hydrogen-bond donors (Lipinski definition) is 0. The lowest BCUT2D eigenvalue weighted by atomic mass is 9.84. The molecule has 0 fully saturated rings. The zero-order valence-corrected chi connectivity index (χ0v) is 10.8. The molecule has 3 nitrogen and oxygen atoms in total. The van der Waals surface area contributed by atoms with Crippen molar-refractivity contribution < 1.29 is 9.59 Å². The quantitative estimate of drug-likeness (QED) is 0.701. The third-order valence-electron chi connectivity index (χ3n) is 2.26. The molecule has 3 heteroatoms. The van der Waals surface area contributed by atoms with Crippen LogP contribution in [0.3, 0.4) is 0 Å². The van der Waals surface area contributed by atoms with Crippen LogP contribution in [0.15, 0.2) is 0 Å². The molecule has 0 radical (unpaired) electrons. The van der Waals surface area contributed by atoms with E-state index in [0.29, 0.717) is 18.8 Å². The first-order chi connectivity index (χ1) is 6.66. The van der Waals surface area contributed by atoms with Gasteiger partial charge in [0.05, 0.1) is 5.41 Å². The van der Waals surface area contributed by atoms with E-state index in [1.165, 1.54) is 0 Å². The summed E-state index contributed by atoms with van der Waals surface area (Å²) >= 11 is 0. The Balaban J connectivity index is 4.37. The molecule has 0 aliphatic rings. The largest absolute Gasteiger partial charge is 0.348 e. The Labute approximate surface area is 92.8 Å². The van der Waals surface area contributed by atoms with Gasteiger partial charge < -0.3 is 4.90 Å². The normalized spacial score (nSPS) is 11.7. The molecule has 0 aliphatic carbocycles. The highest BCUT2D eigenvalue weighted by Crippen LogP contribution is 2.24. The molecule has 88 valence electrons. The van der Waals surface area contributed by atoms with Crippen LogP contribution < -0.4 is 0 Å². The molecule has 0 aromatic heterocycles. The molecule has 0 bridgehead atoms. The summed E-state index contributed by atoms with van der Waals surface area (Å²) in [5, 5.41) is 0. The van der Waals surface area contributed by atoms with E-state index in [2.05, 4.69) is 0 Å². The van der Waals surface area contributed by atoms with Gasteiger partial charge in [0.1, 0.15) is 5.78 Å². The van der Waals surface area contributed by atoms with Crippen molar-refractivity contribution >= 4 is 11.7 Å². The zero-order chi connectivity index (χ0) is 12.2. The van der Waals surface area contributed by atoms with Crippen LogP contribution in [0, 0.1) is 11.3 Å². The van der Waals surface area contributed by atoms with Gasteiger partial charge in [-0.2, -0.15) is 0 Å². The van der Waals surface area contributed by atoms with Gasteiger partial charge in [0.15, 0.2) is 0 Å². The molecule has 15 heavy (non-hydrogen) atoms. The van der Waals surface area contributed by atoms with Crippen LogP contribution >= 0.6 is 0 Å². The van der Waals surface area contributed by atoms with Crippen LogP contribution in [0.5, 0.6) is 0 Å². The summed E-state index contributed by atoms with van der Waals surface area (Å²) in [4.78, 5) is 24.9. The number of amides is 1. The maximum atomic E-state index is 11.8. The van der Waals surface area contributed by atoms with Gasteiger partial charge in [-0.3, -0.25) is 9.59 Å². The van der Waals surface area contributed by atoms with Crippen LogP contribution in [0.25, 0.3) is 0 Å². The topological polar surface area (TPSA) is 37.4 Å². The van der Waals surface area contributed by atoms with Gasteiger partial charge in [0.25, 0.3) is 0 Å². The van der Waals surface area contributed by atoms with Gasteiger partial charge in [-0.15, -0.1) is 0 Å². The SMILES string of the molecule is CC(C)CC(=O)CC(C)(C)C(=O)N(C)C. The monoisotopic (exact) mass is 213 g/mol. The Hall–Kier alpha value is -0.860. The molecular formula is C12H23NO2. The first kappa shape index (κ1) is 14.1. The fourth-order valence-corrected chi connectivity index (χ4v) is 1.70. The second kappa shape index (κ2) is 5.29. The van der Waals surface area contributed by atoms with Crippen molar-refractivity contribution in [1.29, 1.82) is 0 Å². The van der Waals surface area contributed by atoms with E-state index in [1.54, 1.807) is 19.0 Å². The summed E-state index contributed by atoms with van der Waals surface area (Å²) in [6.07, 6.45) is 0.895. The lowest BCUT2D eigenvalue weighted by molar-refractivity contribution is -0.141. The van der Waals surface area contributed by atoms with Gasteiger partial charge in [-0.05, 0) is 5.92 Å². The Morgan fingerprint density at radius 1 is 1.20 bits per heavy atom. The number of hydrogen-bond acceptors (Lipinski definition) is 2. The minimum absolute atomic E-state index is 0.0135. The van der Waals surface area contributed by atoms with Crippen molar-refractivity contribution in [3.63, 3.8) is 0 Å². The van der Waals surface area contributed by atoms with E-state index < -0.39 is 5.41 Å². The Bertz CT molecular complexity index is 242. The molecule has 0 rings (SSSR count). The number of nitrogens with zero attached hydrogens (tertiary/aromatic N) is 1. The standard InChI is InChI=1S/C12H23NO2/c1-9(2)7-10(14)8-12(3,4)11(15)13(5)6/h9H,7-8H2,1-6H3. The fourth-order valence-electron chi connectivity index (χ4n) is 1.70. The molecule has 0 spiro atoms. The second-order valence-electron chi connectivity index (χ2n) is 5.40. The van der Waals surface area contributed by atoms with E-state index in [-0.39, 0.29) is 11.7 Å². The molecule has 0 aliphatic heterocycles. The molecule has 0 unspecified atom stereocenters. The maximum Gasteiger partial charge on any atom is 0.228 e. The lowest BCUT2D eigenvalue weighted by Crippen LogP contribution is -2.37. The average molecular weight is 213 g/mol. The van der Waals surface area contributed by atoms with Crippen LogP contribution in [-0.4, -0.2) is 30.7 Å². The number of rotatable bonds is 5. The van der Waals surface area contributed by atoms with Crippen molar-refractivity contribution in [1.82, 2.24) is 4.90 Å². The third-order valence-corrected chi connectivity index (χ3v) is 2.26. The predicted molar refractivity (Wildman–Crippen MR) is 61.6 cm³/mol. The van der Waals surface area contributed by atoms with Crippen LogP contribution in [-0.2, 0) is 9.59 Å². The summed E-state index contributed by atoms with van der Waals surface area (Å²) < 4.78 is 0. The highest BCUT2D eigenvalue weighted by Gasteiger charge is 2.31. The smallest absolute Gasteiger partial charge is 0.228 e. The van der Waals surface area contributed by atoms with Crippen LogP contribution in [0.2, 0.25) is 0 Å². The second-order valence-corrected chi connectivity index (χ2v) is 5.40. The molecule has 0 aromatic carbocycles. The number of ketones is 1. The van der Waals surface area contributed by atoms with Gasteiger partial charge in [-0.1, -0.05) is 27.7 Å². The highest BCUT2D eigenvalue weighted by atomic mass is 16.2. The van der Waals surface area contributed by atoms with E-state index in [4.69, 9.17) is 0 Å². The van der Waals surface area contributed by atoms with Crippen molar-refractivity contribution in [3.8, 4) is 0 Å². The summed E-state index contributed by atoms with van der Waals surface area (Å²) in [6.45, 7) is 7.68. The molecule has 0 saturated heterocycles. The molecule has 0 aromatic rings. The van der Waals surface area contributed by atoms with Gasteiger partial charge >= 0.3 is 0 Å². The highest BCUT2D eigenvalue weighted by molar-refractivity contribution is 5.89. The van der Waals surface area contributed by atoms with Crippen molar-refractivity contribution in [2.75, 3.05) is 14.1 Å². The Kier molecular flexibility index (Phi) is 4.98. The zero-order valence-electron chi connectivity index (χ0n) is 10.8. The molecule has 1 amide bonds. The Morgan fingerprint density at radius 2 is 1.67 bits per heavy atom. The minimum atomic E-state index is -0.574. The van der Waals surface area contributed by atoms with Crippen molar-refractivity contribution in [3.05, 3.63) is 0 Å². The first-order valence-corrected chi connectivity index (χ1v) is 5.40. The molecular weight excluding hydrogens is 190 g/mol. The van der Waals surface area contributed by atoms with E-state index >= 15 is 0 Å². The van der Waals surface area contributed by atoms with Gasteiger partial charge in [-0.25, -0.2) is 0 Å². The summed E-state index contributed by atoms with van der Waals surface area (Å²) in [5.74, 6) is 0.549. The van der Waals surface area contributed by atoms with Crippen molar-refractivity contribution in [2.24, 2.45) is 11.3 Å².